The van der Waals surface area contributed by atoms with Crippen molar-refractivity contribution < 1.29 is 18.7 Å². The summed E-state index contributed by atoms with van der Waals surface area (Å²) >= 11 is 0. The van der Waals surface area contributed by atoms with Gasteiger partial charge in [-0.05, 0) is 38.0 Å². The molecule has 0 saturated heterocycles. The quantitative estimate of drug-likeness (QED) is 0.458. The predicted molar refractivity (Wildman–Crippen MR) is 114 cm³/mol. The zero-order valence-corrected chi connectivity index (χ0v) is 17.4. The number of fused-ring (bicyclic) bond motifs is 1. The zero-order chi connectivity index (χ0) is 22.2. The van der Waals surface area contributed by atoms with E-state index in [1.54, 1.807) is 12.4 Å². The number of pyridine rings is 1. The summed E-state index contributed by atoms with van der Waals surface area (Å²) in [6, 6.07) is 5.84. The maximum Gasteiger partial charge on any atom is 0.254 e. The highest BCUT2D eigenvalue weighted by Gasteiger charge is 2.55. The van der Waals surface area contributed by atoms with Crippen LogP contribution in [0.15, 0.2) is 36.8 Å². The van der Waals surface area contributed by atoms with Gasteiger partial charge in [0.15, 0.2) is 0 Å². The van der Waals surface area contributed by atoms with Crippen LogP contribution in [0, 0.1) is 0 Å². The number of hydrogen-bond acceptors (Lipinski definition) is 5. The van der Waals surface area contributed by atoms with Gasteiger partial charge in [-0.25, -0.2) is 8.78 Å². The number of benzene rings is 1. The molecule has 1 aliphatic rings. The van der Waals surface area contributed by atoms with Crippen LogP contribution in [0.4, 0.5) is 14.5 Å². The zero-order valence-electron chi connectivity index (χ0n) is 17.4. The van der Waals surface area contributed by atoms with Crippen molar-refractivity contribution in [3.8, 4) is 11.1 Å². The third-order valence-electron chi connectivity index (χ3n) is 5.43. The van der Waals surface area contributed by atoms with Crippen LogP contribution in [-0.4, -0.2) is 50.3 Å². The molecule has 1 aliphatic carbocycles. The molecule has 0 aliphatic heterocycles. The molecule has 1 amide bonds. The SMILES string of the molecule is CC(C)Nc1c(C(=O)NCCC2(O)CC(F)(F)C2)cnc2ccc(-c3cn[nH]c3)cc12. The monoisotopic (exact) mass is 429 g/mol. The van der Waals surface area contributed by atoms with Crippen LogP contribution in [0.25, 0.3) is 22.0 Å². The third kappa shape index (κ3) is 4.51. The van der Waals surface area contributed by atoms with Gasteiger partial charge in [0, 0.05) is 48.8 Å². The average Bonchev–Trinajstić information content (AvgIpc) is 3.20. The molecule has 31 heavy (non-hydrogen) atoms. The first-order valence-electron chi connectivity index (χ1n) is 10.2. The average molecular weight is 429 g/mol. The Labute approximate surface area is 178 Å². The van der Waals surface area contributed by atoms with Crippen LogP contribution in [0.3, 0.4) is 0 Å². The van der Waals surface area contributed by atoms with E-state index in [4.69, 9.17) is 0 Å². The van der Waals surface area contributed by atoms with Gasteiger partial charge in [-0.3, -0.25) is 14.9 Å². The van der Waals surface area contributed by atoms with E-state index < -0.39 is 24.4 Å². The standard InChI is InChI=1S/C22H25F2N5O2/c1-13(2)29-19-16-7-14(15-8-27-28-9-15)3-4-18(16)26-10-17(19)20(30)25-6-5-21(31)11-22(23,24)12-21/h3-4,7-10,13,31H,5-6,11-12H2,1-2H3,(H,25,30)(H,26,29)(H,27,28). The third-order valence-corrected chi connectivity index (χ3v) is 5.43. The number of H-pyrrole nitrogens is 1. The number of anilines is 1. The maximum absolute atomic E-state index is 13.1. The van der Waals surface area contributed by atoms with Gasteiger partial charge in [0.1, 0.15) is 0 Å². The minimum atomic E-state index is -2.82. The van der Waals surface area contributed by atoms with Gasteiger partial charge >= 0.3 is 0 Å². The normalized spacial score (nSPS) is 16.8. The number of amides is 1. The van der Waals surface area contributed by atoms with E-state index in [2.05, 4.69) is 25.8 Å². The molecule has 164 valence electrons. The van der Waals surface area contributed by atoms with E-state index in [-0.39, 0.29) is 24.9 Å². The lowest BCUT2D eigenvalue weighted by Crippen LogP contribution is -2.53. The first-order valence-corrected chi connectivity index (χ1v) is 10.2. The fourth-order valence-corrected chi connectivity index (χ4v) is 3.99. The minimum absolute atomic E-state index is 0.0626. The molecular weight excluding hydrogens is 404 g/mol. The first kappa shape index (κ1) is 21.2. The molecule has 0 unspecified atom stereocenters. The maximum atomic E-state index is 13.1. The number of nitrogens with zero attached hydrogens (tertiary/aromatic N) is 2. The molecule has 2 heterocycles. The molecule has 4 N–H and O–H groups in total. The summed E-state index contributed by atoms with van der Waals surface area (Å²) in [6.45, 7) is 4.04. The van der Waals surface area contributed by atoms with Crippen molar-refractivity contribution in [1.82, 2.24) is 20.5 Å². The summed E-state index contributed by atoms with van der Waals surface area (Å²) in [5, 5.41) is 23.7. The number of nitrogens with one attached hydrogen (secondary N) is 3. The number of rotatable bonds is 7. The molecule has 0 atom stereocenters. The van der Waals surface area contributed by atoms with Crippen LogP contribution in [0.2, 0.25) is 0 Å². The van der Waals surface area contributed by atoms with Crippen LogP contribution >= 0.6 is 0 Å². The lowest BCUT2D eigenvalue weighted by atomic mass is 9.74. The smallest absolute Gasteiger partial charge is 0.254 e. The Hall–Kier alpha value is -3.07. The molecule has 3 aromatic rings. The number of alkyl halides is 2. The van der Waals surface area contributed by atoms with E-state index in [1.165, 1.54) is 6.20 Å². The van der Waals surface area contributed by atoms with Gasteiger partial charge in [-0.2, -0.15) is 5.10 Å². The highest BCUT2D eigenvalue weighted by Crippen LogP contribution is 2.47. The van der Waals surface area contributed by atoms with Gasteiger partial charge in [0.2, 0.25) is 0 Å². The van der Waals surface area contributed by atoms with E-state index in [9.17, 15) is 18.7 Å². The Morgan fingerprint density at radius 2 is 2.03 bits per heavy atom. The van der Waals surface area contributed by atoms with Crippen molar-refractivity contribution in [2.75, 3.05) is 11.9 Å². The Kier molecular flexibility index (Phi) is 5.38. The Morgan fingerprint density at radius 1 is 1.26 bits per heavy atom. The minimum Gasteiger partial charge on any atom is -0.389 e. The van der Waals surface area contributed by atoms with Gasteiger partial charge in [0.05, 0.1) is 28.6 Å². The molecule has 1 saturated carbocycles. The van der Waals surface area contributed by atoms with Gasteiger partial charge in [-0.1, -0.05) is 6.07 Å². The van der Waals surface area contributed by atoms with E-state index in [1.807, 2.05) is 32.0 Å². The number of aliphatic hydroxyl groups is 1. The summed E-state index contributed by atoms with van der Waals surface area (Å²) < 4.78 is 26.1. The van der Waals surface area contributed by atoms with Crippen molar-refractivity contribution in [2.24, 2.45) is 0 Å². The summed E-state index contributed by atoms with van der Waals surface area (Å²) in [5.74, 6) is -3.19. The van der Waals surface area contributed by atoms with E-state index in [0.29, 0.717) is 11.3 Å². The highest BCUT2D eigenvalue weighted by molar-refractivity contribution is 6.07. The number of halogens is 2. The molecule has 2 aromatic heterocycles. The number of carbonyl (C=O) groups excluding carboxylic acids is 1. The topological polar surface area (TPSA) is 103 Å². The van der Waals surface area contributed by atoms with Gasteiger partial charge in [-0.15, -0.1) is 0 Å². The number of hydrogen-bond donors (Lipinski definition) is 4. The lowest BCUT2D eigenvalue weighted by Gasteiger charge is -2.43. The molecule has 0 bridgehead atoms. The molecule has 1 fully saturated rings. The van der Waals surface area contributed by atoms with Crippen LogP contribution in [-0.2, 0) is 0 Å². The molecular formula is C22H25F2N5O2. The van der Waals surface area contributed by atoms with Crippen molar-refractivity contribution in [2.45, 2.75) is 50.7 Å². The largest absolute Gasteiger partial charge is 0.389 e. The fraction of sp³-hybridized carbons (Fsp3) is 0.409. The second-order valence-electron chi connectivity index (χ2n) is 8.50. The molecule has 0 radical (unpaired) electrons. The highest BCUT2D eigenvalue weighted by atomic mass is 19.3. The molecule has 7 nitrogen and oxygen atoms in total. The van der Waals surface area contributed by atoms with Crippen molar-refractivity contribution in [1.29, 1.82) is 0 Å². The molecule has 0 spiro atoms. The van der Waals surface area contributed by atoms with E-state index >= 15 is 0 Å². The van der Waals surface area contributed by atoms with Crippen LogP contribution < -0.4 is 10.6 Å². The van der Waals surface area contributed by atoms with Crippen LogP contribution in [0.5, 0.6) is 0 Å². The van der Waals surface area contributed by atoms with Crippen LogP contribution in [0.1, 0.15) is 43.5 Å². The first-order chi connectivity index (χ1) is 14.7. The second-order valence-corrected chi connectivity index (χ2v) is 8.50. The summed E-state index contributed by atoms with van der Waals surface area (Å²) in [7, 11) is 0. The summed E-state index contributed by atoms with van der Waals surface area (Å²) in [6.07, 6.45) is 3.96. The number of carbonyl (C=O) groups is 1. The predicted octanol–water partition coefficient (Wildman–Crippen LogP) is 3.73. The van der Waals surface area contributed by atoms with Crippen molar-refractivity contribution in [3.63, 3.8) is 0 Å². The molecule has 4 rings (SSSR count). The lowest BCUT2D eigenvalue weighted by molar-refractivity contribution is -0.206. The molecule has 1 aromatic carbocycles. The Morgan fingerprint density at radius 3 is 2.68 bits per heavy atom. The van der Waals surface area contributed by atoms with Gasteiger partial charge < -0.3 is 15.7 Å². The van der Waals surface area contributed by atoms with Gasteiger partial charge in [0.25, 0.3) is 11.8 Å². The fourth-order valence-electron chi connectivity index (χ4n) is 3.99. The van der Waals surface area contributed by atoms with Crippen molar-refractivity contribution >= 4 is 22.5 Å². The number of aromatic nitrogens is 3. The number of aromatic amines is 1. The Balaban J connectivity index is 1.59. The van der Waals surface area contributed by atoms with Crippen molar-refractivity contribution in [3.05, 3.63) is 42.4 Å². The molecule has 9 heteroatoms. The summed E-state index contributed by atoms with van der Waals surface area (Å²) in [4.78, 5) is 17.3. The summed E-state index contributed by atoms with van der Waals surface area (Å²) in [5.41, 5.74) is 2.17. The van der Waals surface area contributed by atoms with E-state index in [0.717, 1.165) is 22.0 Å². The second kappa shape index (κ2) is 7.88. The Bertz CT molecular complexity index is 1090.